The SMILES string of the molecule is OOCCCc1ccc(Br)cc1. The summed E-state index contributed by atoms with van der Waals surface area (Å²) in [6.45, 7) is 0.399. The molecule has 0 aromatic heterocycles. The van der Waals surface area contributed by atoms with E-state index in [1.807, 2.05) is 12.1 Å². The van der Waals surface area contributed by atoms with Crippen molar-refractivity contribution in [3.63, 3.8) is 0 Å². The van der Waals surface area contributed by atoms with Gasteiger partial charge in [-0.2, -0.15) is 0 Å². The van der Waals surface area contributed by atoms with E-state index < -0.39 is 0 Å². The van der Waals surface area contributed by atoms with Gasteiger partial charge in [0.1, 0.15) is 0 Å². The fourth-order valence-corrected chi connectivity index (χ4v) is 1.26. The largest absolute Gasteiger partial charge is 0.252 e. The molecule has 12 heavy (non-hydrogen) atoms. The fourth-order valence-electron chi connectivity index (χ4n) is 0.992. The van der Waals surface area contributed by atoms with Gasteiger partial charge in [0.15, 0.2) is 0 Å². The lowest BCUT2D eigenvalue weighted by Gasteiger charge is -1.99. The van der Waals surface area contributed by atoms with Crippen molar-refractivity contribution in [2.24, 2.45) is 0 Å². The summed E-state index contributed by atoms with van der Waals surface area (Å²) in [4.78, 5) is 3.98. The highest BCUT2D eigenvalue weighted by atomic mass is 79.9. The van der Waals surface area contributed by atoms with E-state index in [-0.39, 0.29) is 0 Å². The Kier molecular flexibility index (Phi) is 4.29. The van der Waals surface area contributed by atoms with E-state index in [1.54, 1.807) is 0 Å². The van der Waals surface area contributed by atoms with Crippen LogP contribution in [-0.4, -0.2) is 11.9 Å². The Labute approximate surface area is 80.2 Å². The lowest BCUT2D eigenvalue weighted by atomic mass is 10.1. The second-order valence-corrected chi connectivity index (χ2v) is 3.48. The predicted octanol–water partition coefficient (Wildman–Crippen LogP) is 2.87. The van der Waals surface area contributed by atoms with Gasteiger partial charge in [0.2, 0.25) is 0 Å². The van der Waals surface area contributed by atoms with Gasteiger partial charge in [-0.05, 0) is 30.5 Å². The Morgan fingerprint density at radius 1 is 1.25 bits per heavy atom. The maximum atomic E-state index is 8.08. The first-order valence-electron chi connectivity index (χ1n) is 3.84. The first-order chi connectivity index (χ1) is 5.83. The molecule has 0 fully saturated rings. The van der Waals surface area contributed by atoms with E-state index in [0.717, 1.165) is 17.3 Å². The Balaban J connectivity index is 2.37. The number of halogens is 1. The zero-order chi connectivity index (χ0) is 8.81. The zero-order valence-corrected chi connectivity index (χ0v) is 8.25. The van der Waals surface area contributed by atoms with Gasteiger partial charge < -0.3 is 0 Å². The molecular weight excluding hydrogens is 220 g/mol. The van der Waals surface area contributed by atoms with Crippen molar-refractivity contribution in [1.82, 2.24) is 0 Å². The molecule has 0 spiro atoms. The van der Waals surface area contributed by atoms with E-state index in [4.69, 9.17) is 5.26 Å². The van der Waals surface area contributed by atoms with E-state index in [0.29, 0.717) is 6.61 Å². The van der Waals surface area contributed by atoms with Crippen LogP contribution in [0.3, 0.4) is 0 Å². The van der Waals surface area contributed by atoms with Gasteiger partial charge in [-0.25, -0.2) is 4.89 Å². The smallest absolute Gasteiger partial charge is 0.0822 e. The Morgan fingerprint density at radius 3 is 2.50 bits per heavy atom. The van der Waals surface area contributed by atoms with Gasteiger partial charge in [0, 0.05) is 4.47 Å². The van der Waals surface area contributed by atoms with Gasteiger partial charge >= 0.3 is 0 Å². The molecule has 0 radical (unpaired) electrons. The van der Waals surface area contributed by atoms with Crippen LogP contribution in [0.15, 0.2) is 28.7 Å². The number of hydrogen-bond donors (Lipinski definition) is 1. The van der Waals surface area contributed by atoms with Crippen molar-refractivity contribution in [3.05, 3.63) is 34.3 Å². The molecule has 0 saturated carbocycles. The van der Waals surface area contributed by atoms with Crippen LogP contribution in [0, 0.1) is 0 Å². The summed E-state index contributed by atoms with van der Waals surface area (Å²) in [5, 5.41) is 8.08. The van der Waals surface area contributed by atoms with Crippen LogP contribution in [0.2, 0.25) is 0 Å². The molecule has 0 amide bonds. The molecular formula is C9H11BrO2. The Bertz CT molecular complexity index is 220. The summed E-state index contributed by atoms with van der Waals surface area (Å²) in [5.74, 6) is 0. The normalized spacial score (nSPS) is 10.2. The van der Waals surface area contributed by atoms with Crippen LogP contribution in [0.25, 0.3) is 0 Å². The topological polar surface area (TPSA) is 29.5 Å². The lowest BCUT2D eigenvalue weighted by Crippen LogP contribution is -1.92. The summed E-state index contributed by atoms with van der Waals surface area (Å²) in [6, 6.07) is 8.13. The average molecular weight is 231 g/mol. The molecule has 0 aliphatic rings. The van der Waals surface area contributed by atoms with Gasteiger partial charge in [0.05, 0.1) is 6.61 Å². The molecule has 0 bridgehead atoms. The second-order valence-electron chi connectivity index (χ2n) is 2.56. The highest BCUT2D eigenvalue weighted by Gasteiger charge is 1.92. The summed E-state index contributed by atoms with van der Waals surface area (Å²) >= 11 is 3.36. The van der Waals surface area contributed by atoms with Gasteiger partial charge in [0.25, 0.3) is 0 Å². The average Bonchev–Trinajstić information content (AvgIpc) is 2.09. The first kappa shape index (κ1) is 9.71. The molecule has 3 heteroatoms. The molecule has 0 unspecified atom stereocenters. The van der Waals surface area contributed by atoms with Crippen LogP contribution >= 0.6 is 15.9 Å². The van der Waals surface area contributed by atoms with Crippen molar-refractivity contribution in [2.45, 2.75) is 12.8 Å². The summed E-state index contributed by atoms with van der Waals surface area (Å²) in [5.41, 5.74) is 1.26. The standard InChI is InChI=1S/C9H11BrO2/c10-9-5-3-8(4-6-9)2-1-7-12-11/h3-6,11H,1-2,7H2. The molecule has 1 aromatic carbocycles. The number of benzene rings is 1. The van der Waals surface area contributed by atoms with Crippen molar-refractivity contribution in [1.29, 1.82) is 0 Å². The third-order valence-electron chi connectivity index (χ3n) is 1.61. The third kappa shape index (κ3) is 3.34. The monoisotopic (exact) mass is 230 g/mol. The van der Waals surface area contributed by atoms with E-state index in [9.17, 15) is 0 Å². The van der Waals surface area contributed by atoms with Crippen molar-refractivity contribution in [3.8, 4) is 0 Å². The number of hydrogen-bond acceptors (Lipinski definition) is 2. The van der Waals surface area contributed by atoms with Crippen molar-refractivity contribution >= 4 is 15.9 Å². The number of aryl methyl sites for hydroxylation is 1. The quantitative estimate of drug-likeness (QED) is 0.490. The summed E-state index contributed by atoms with van der Waals surface area (Å²) < 4.78 is 1.09. The Morgan fingerprint density at radius 2 is 1.92 bits per heavy atom. The minimum absolute atomic E-state index is 0.399. The van der Waals surface area contributed by atoms with E-state index >= 15 is 0 Å². The third-order valence-corrected chi connectivity index (χ3v) is 2.14. The van der Waals surface area contributed by atoms with Gasteiger partial charge in [-0.1, -0.05) is 28.1 Å². The predicted molar refractivity (Wildman–Crippen MR) is 51.0 cm³/mol. The van der Waals surface area contributed by atoms with Crippen LogP contribution in [0.1, 0.15) is 12.0 Å². The maximum absolute atomic E-state index is 8.08. The van der Waals surface area contributed by atoms with E-state index in [1.165, 1.54) is 5.56 Å². The zero-order valence-electron chi connectivity index (χ0n) is 6.66. The molecule has 0 atom stereocenters. The lowest BCUT2D eigenvalue weighted by molar-refractivity contribution is -0.242. The minimum Gasteiger partial charge on any atom is -0.252 e. The van der Waals surface area contributed by atoms with Gasteiger partial charge in [-0.3, -0.25) is 5.26 Å². The van der Waals surface area contributed by atoms with Crippen LogP contribution in [0.5, 0.6) is 0 Å². The van der Waals surface area contributed by atoms with Crippen molar-refractivity contribution in [2.75, 3.05) is 6.61 Å². The van der Waals surface area contributed by atoms with Crippen LogP contribution in [-0.2, 0) is 11.3 Å². The minimum atomic E-state index is 0.399. The molecule has 0 aliphatic carbocycles. The molecule has 66 valence electrons. The van der Waals surface area contributed by atoms with Crippen LogP contribution in [0.4, 0.5) is 0 Å². The summed E-state index contributed by atoms with van der Waals surface area (Å²) in [7, 11) is 0. The van der Waals surface area contributed by atoms with E-state index in [2.05, 4.69) is 33.0 Å². The summed E-state index contributed by atoms with van der Waals surface area (Å²) in [6.07, 6.45) is 1.78. The molecule has 0 aliphatic heterocycles. The van der Waals surface area contributed by atoms with Gasteiger partial charge in [-0.15, -0.1) is 0 Å². The maximum Gasteiger partial charge on any atom is 0.0822 e. The highest BCUT2D eigenvalue weighted by Crippen LogP contribution is 2.11. The first-order valence-corrected chi connectivity index (χ1v) is 4.63. The highest BCUT2D eigenvalue weighted by molar-refractivity contribution is 9.10. The molecule has 1 N–H and O–H groups in total. The van der Waals surface area contributed by atoms with Crippen LogP contribution < -0.4 is 0 Å². The van der Waals surface area contributed by atoms with Crippen molar-refractivity contribution < 1.29 is 10.1 Å². The molecule has 0 heterocycles. The molecule has 2 nitrogen and oxygen atoms in total. The Hall–Kier alpha value is -0.380. The molecule has 1 aromatic rings. The molecule has 1 rings (SSSR count). The number of rotatable bonds is 4. The second kappa shape index (κ2) is 5.30. The fraction of sp³-hybridized carbons (Fsp3) is 0.333. The molecule has 0 saturated heterocycles.